The fourth-order valence-corrected chi connectivity index (χ4v) is 4.72. The molecule has 32 heavy (non-hydrogen) atoms. The van der Waals surface area contributed by atoms with Crippen molar-refractivity contribution < 1.29 is 19.1 Å². The van der Waals surface area contributed by atoms with Crippen molar-refractivity contribution in [1.29, 1.82) is 0 Å². The minimum Gasteiger partial charge on any atom is -0.497 e. The van der Waals surface area contributed by atoms with Crippen LogP contribution in [-0.4, -0.2) is 42.2 Å². The number of hydrogen-bond acceptors (Lipinski definition) is 7. The molecule has 1 saturated carbocycles. The Labute approximate surface area is 192 Å². The molecule has 1 amide bonds. The SMILES string of the molecule is C=CCOC(=O)C1=C(C)N=C2SC=C(CC(=O)NCC3CC3)N2C1c1ccc(OC)cc1. The molecule has 7 nitrogen and oxygen atoms in total. The highest BCUT2D eigenvalue weighted by Gasteiger charge is 2.41. The first kappa shape index (κ1) is 22.2. The molecule has 1 aromatic carbocycles. The molecule has 1 aliphatic carbocycles. The molecule has 0 saturated heterocycles. The number of nitrogens with one attached hydrogen (secondary N) is 1. The van der Waals surface area contributed by atoms with E-state index in [1.165, 1.54) is 30.7 Å². The van der Waals surface area contributed by atoms with Crippen LogP contribution >= 0.6 is 11.8 Å². The number of amidine groups is 1. The Hall–Kier alpha value is -3.00. The second-order valence-corrected chi connectivity index (χ2v) is 8.81. The van der Waals surface area contributed by atoms with Gasteiger partial charge in [-0.2, -0.15) is 0 Å². The Morgan fingerprint density at radius 1 is 1.31 bits per heavy atom. The molecule has 1 atom stereocenters. The number of ether oxygens (including phenoxy) is 2. The van der Waals surface area contributed by atoms with Gasteiger partial charge in [0.1, 0.15) is 12.4 Å². The van der Waals surface area contributed by atoms with E-state index in [1.807, 2.05) is 41.5 Å². The number of nitrogens with zero attached hydrogens (tertiary/aromatic N) is 2. The Kier molecular flexibility index (Phi) is 6.69. The van der Waals surface area contributed by atoms with Gasteiger partial charge in [-0.25, -0.2) is 9.79 Å². The van der Waals surface area contributed by atoms with Crippen LogP contribution in [0.2, 0.25) is 0 Å². The molecule has 1 N–H and O–H groups in total. The Balaban J connectivity index is 1.65. The molecule has 168 valence electrons. The first-order valence-corrected chi connectivity index (χ1v) is 11.5. The van der Waals surface area contributed by atoms with Crippen molar-refractivity contribution in [2.75, 3.05) is 20.3 Å². The van der Waals surface area contributed by atoms with E-state index in [0.29, 0.717) is 17.2 Å². The maximum atomic E-state index is 13.0. The van der Waals surface area contributed by atoms with Crippen LogP contribution in [0, 0.1) is 5.92 Å². The number of fused-ring (bicyclic) bond motifs is 1. The molecule has 0 bridgehead atoms. The molecule has 2 heterocycles. The monoisotopic (exact) mass is 453 g/mol. The molecule has 4 rings (SSSR count). The molecule has 1 fully saturated rings. The third-order valence-corrected chi connectivity index (χ3v) is 6.50. The summed E-state index contributed by atoms with van der Waals surface area (Å²) < 4.78 is 10.7. The average Bonchev–Trinajstić information content (AvgIpc) is 3.56. The molecule has 0 aromatic heterocycles. The normalized spacial score (nSPS) is 19.7. The van der Waals surface area contributed by atoms with Crippen LogP contribution in [0.25, 0.3) is 0 Å². The summed E-state index contributed by atoms with van der Waals surface area (Å²) in [7, 11) is 1.61. The van der Waals surface area contributed by atoms with E-state index in [2.05, 4.69) is 16.9 Å². The van der Waals surface area contributed by atoms with E-state index < -0.39 is 12.0 Å². The third kappa shape index (κ3) is 4.75. The Morgan fingerprint density at radius 2 is 2.06 bits per heavy atom. The average molecular weight is 454 g/mol. The predicted octanol–water partition coefficient (Wildman–Crippen LogP) is 3.92. The largest absolute Gasteiger partial charge is 0.497 e. The molecule has 1 aromatic rings. The minimum atomic E-state index is -0.455. The van der Waals surface area contributed by atoms with E-state index in [0.717, 1.165) is 28.7 Å². The lowest BCUT2D eigenvalue weighted by Gasteiger charge is -2.36. The van der Waals surface area contributed by atoms with Gasteiger partial charge in [0.05, 0.1) is 30.8 Å². The van der Waals surface area contributed by atoms with Gasteiger partial charge in [0.25, 0.3) is 0 Å². The van der Waals surface area contributed by atoms with E-state index in [1.54, 1.807) is 7.11 Å². The number of allylic oxidation sites excluding steroid dienone is 1. The highest BCUT2D eigenvalue weighted by molar-refractivity contribution is 8.16. The van der Waals surface area contributed by atoms with Gasteiger partial charge in [0, 0.05) is 12.2 Å². The molecular weight excluding hydrogens is 426 g/mol. The van der Waals surface area contributed by atoms with Gasteiger partial charge in [-0.1, -0.05) is 36.5 Å². The quantitative estimate of drug-likeness (QED) is 0.451. The number of benzene rings is 1. The van der Waals surface area contributed by atoms with Crippen molar-refractivity contribution in [2.24, 2.45) is 10.9 Å². The topological polar surface area (TPSA) is 80.2 Å². The second-order valence-electron chi connectivity index (χ2n) is 7.98. The molecule has 1 unspecified atom stereocenters. The summed E-state index contributed by atoms with van der Waals surface area (Å²) in [6.45, 7) is 6.27. The van der Waals surface area contributed by atoms with Gasteiger partial charge >= 0.3 is 5.97 Å². The molecule has 0 spiro atoms. The van der Waals surface area contributed by atoms with Gasteiger partial charge in [0.15, 0.2) is 5.17 Å². The van der Waals surface area contributed by atoms with Crippen molar-refractivity contribution >= 4 is 28.8 Å². The van der Waals surface area contributed by atoms with Crippen molar-refractivity contribution in [3.05, 3.63) is 64.9 Å². The summed E-state index contributed by atoms with van der Waals surface area (Å²) in [5.74, 6) is 0.865. The number of aliphatic imine (C=N–C) groups is 1. The minimum absolute atomic E-state index is 0.0273. The van der Waals surface area contributed by atoms with E-state index in [-0.39, 0.29) is 18.9 Å². The number of thioether (sulfide) groups is 1. The van der Waals surface area contributed by atoms with Gasteiger partial charge in [-0.05, 0) is 48.8 Å². The van der Waals surface area contributed by atoms with Crippen LogP contribution in [0.3, 0.4) is 0 Å². The van der Waals surface area contributed by atoms with E-state index in [4.69, 9.17) is 9.47 Å². The predicted molar refractivity (Wildman–Crippen MR) is 125 cm³/mol. The highest BCUT2D eigenvalue weighted by atomic mass is 32.2. The number of carbonyl (C=O) groups is 2. The van der Waals surface area contributed by atoms with Crippen molar-refractivity contribution in [1.82, 2.24) is 10.2 Å². The van der Waals surface area contributed by atoms with Crippen molar-refractivity contribution in [3.63, 3.8) is 0 Å². The van der Waals surface area contributed by atoms with Gasteiger partial charge in [-0.3, -0.25) is 4.79 Å². The first-order valence-electron chi connectivity index (χ1n) is 10.6. The lowest BCUT2D eigenvalue weighted by atomic mass is 9.93. The number of amides is 1. The summed E-state index contributed by atoms with van der Waals surface area (Å²) in [4.78, 5) is 32.2. The highest BCUT2D eigenvalue weighted by Crippen LogP contribution is 2.45. The van der Waals surface area contributed by atoms with Gasteiger partial charge in [-0.15, -0.1) is 0 Å². The second kappa shape index (κ2) is 9.65. The fourth-order valence-electron chi connectivity index (χ4n) is 3.75. The van der Waals surface area contributed by atoms with Crippen LogP contribution in [-0.2, 0) is 14.3 Å². The van der Waals surface area contributed by atoms with Crippen molar-refractivity contribution in [2.45, 2.75) is 32.2 Å². The summed E-state index contributed by atoms with van der Waals surface area (Å²) in [6.07, 6.45) is 4.12. The summed E-state index contributed by atoms with van der Waals surface area (Å²) in [6, 6.07) is 7.11. The fraction of sp³-hybridized carbons (Fsp3) is 0.375. The summed E-state index contributed by atoms with van der Waals surface area (Å²) in [5.41, 5.74) is 2.75. The zero-order valence-electron chi connectivity index (χ0n) is 18.3. The van der Waals surface area contributed by atoms with Gasteiger partial charge in [0.2, 0.25) is 5.91 Å². The maximum Gasteiger partial charge on any atom is 0.338 e. The smallest absolute Gasteiger partial charge is 0.338 e. The summed E-state index contributed by atoms with van der Waals surface area (Å²) >= 11 is 1.46. The van der Waals surface area contributed by atoms with Crippen LogP contribution in [0.4, 0.5) is 0 Å². The lowest BCUT2D eigenvalue weighted by molar-refractivity contribution is -0.138. The number of carbonyl (C=O) groups excluding carboxylic acids is 2. The van der Waals surface area contributed by atoms with Crippen LogP contribution < -0.4 is 10.1 Å². The molecule has 0 radical (unpaired) electrons. The van der Waals surface area contributed by atoms with Gasteiger partial charge < -0.3 is 19.7 Å². The maximum absolute atomic E-state index is 13.0. The molecule has 3 aliphatic rings. The number of esters is 1. The molecular formula is C24H27N3O4S. The third-order valence-electron chi connectivity index (χ3n) is 5.61. The van der Waals surface area contributed by atoms with E-state index >= 15 is 0 Å². The molecule has 8 heteroatoms. The van der Waals surface area contributed by atoms with Crippen LogP contribution in [0.1, 0.15) is 37.8 Å². The lowest BCUT2D eigenvalue weighted by Crippen LogP contribution is -2.38. The first-order chi connectivity index (χ1) is 15.5. The Morgan fingerprint density at radius 3 is 2.72 bits per heavy atom. The zero-order valence-corrected chi connectivity index (χ0v) is 19.1. The van der Waals surface area contributed by atoms with Crippen LogP contribution in [0.15, 0.2) is 64.3 Å². The van der Waals surface area contributed by atoms with Crippen molar-refractivity contribution in [3.8, 4) is 5.75 Å². The standard InChI is InChI=1S/C24H27N3O4S/c1-4-11-31-23(29)21-15(2)26-24-27(22(21)17-7-9-19(30-3)10-8-17)18(14-32-24)12-20(28)25-13-16-5-6-16/h4,7-10,14,16,22H,1,5-6,11-13H2,2-3H3,(H,25,28). The Bertz CT molecular complexity index is 1010. The van der Waals surface area contributed by atoms with Crippen LogP contribution in [0.5, 0.6) is 5.75 Å². The zero-order chi connectivity index (χ0) is 22.7. The number of methoxy groups -OCH3 is 1. The van der Waals surface area contributed by atoms with E-state index in [9.17, 15) is 9.59 Å². The molecule has 2 aliphatic heterocycles. The number of rotatable bonds is 9. The summed E-state index contributed by atoms with van der Waals surface area (Å²) in [5, 5.41) is 5.71. The number of hydrogen-bond donors (Lipinski definition) is 1.